The van der Waals surface area contributed by atoms with E-state index in [2.05, 4.69) is 24.0 Å². The molecule has 1 heterocycles. The molecule has 80 valence electrons. The average molecular weight is 230 g/mol. The first-order valence-electron chi connectivity index (χ1n) is 5.50. The van der Waals surface area contributed by atoms with E-state index in [9.17, 15) is 0 Å². The van der Waals surface area contributed by atoms with Gasteiger partial charge in [0.05, 0.1) is 10.7 Å². The third-order valence-electron chi connectivity index (χ3n) is 3.23. The van der Waals surface area contributed by atoms with Crippen LogP contribution in [0.4, 0.5) is 0 Å². The van der Waals surface area contributed by atoms with E-state index in [-0.39, 0.29) is 0 Å². The molecule has 1 atom stereocenters. The van der Waals surface area contributed by atoms with Gasteiger partial charge in [-0.05, 0) is 35.6 Å². The number of rotatable bonds is 0. The molecule has 0 radical (unpaired) electrons. The second-order valence-electron chi connectivity index (χ2n) is 4.32. The Hall–Kier alpha value is -1.34. The Morgan fingerprint density at radius 3 is 3.00 bits per heavy atom. The molecule has 0 saturated carbocycles. The molecular weight excluding hydrogens is 218 g/mol. The van der Waals surface area contributed by atoms with Gasteiger partial charge in [-0.1, -0.05) is 36.7 Å². The monoisotopic (exact) mass is 229 g/mol. The average Bonchev–Trinajstić information content (AvgIpc) is 2.30. The molecule has 1 aromatic carbocycles. The van der Waals surface area contributed by atoms with Crippen molar-refractivity contribution in [2.75, 3.05) is 0 Å². The summed E-state index contributed by atoms with van der Waals surface area (Å²) in [6.07, 6.45) is 2.89. The Kier molecular flexibility index (Phi) is 2.22. The topological polar surface area (TPSA) is 12.9 Å². The maximum Gasteiger partial charge on any atom is 0.0751 e. The van der Waals surface area contributed by atoms with Gasteiger partial charge in [-0.3, -0.25) is 4.98 Å². The molecule has 0 fully saturated rings. The zero-order valence-corrected chi connectivity index (χ0v) is 9.83. The van der Waals surface area contributed by atoms with Crippen LogP contribution in [0.3, 0.4) is 0 Å². The summed E-state index contributed by atoms with van der Waals surface area (Å²) in [7, 11) is 0. The highest BCUT2D eigenvalue weighted by atomic mass is 35.5. The van der Waals surface area contributed by atoms with Gasteiger partial charge in [-0.25, -0.2) is 0 Å². The second-order valence-corrected chi connectivity index (χ2v) is 4.73. The summed E-state index contributed by atoms with van der Waals surface area (Å²) < 4.78 is 0. The van der Waals surface area contributed by atoms with Gasteiger partial charge in [0, 0.05) is 11.8 Å². The van der Waals surface area contributed by atoms with Crippen LogP contribution in [-0.2, 0) is 6.42 Å². The Bertz CT molecular complexity index is 548. The van der Waals surface area contributed by atoms with Crippen LogP contribution in [0.2, 0.25) is 5.02 Å². The van der Waals surface area contributed by atoms with Crippen molar-refractivity contribution < 1.29 is 0 Å². The quantitative estimate of drug-likeness (QED) is 0.664. The van der Waals surface area contributed by atoms with Crippen molar-refractivity contribution in [3.8, 4) is 11.3 Å². The maximum absolute atomic E-state index is 6.30. The number of nitrogens with zero attached hydrogens (tertiary/aromatic N) is 1. The van der Waals surface area contributed by atoms with Crippen LogP contribution in [0, 0.1) is 0 Å². The maximum atomic E-state index is 6.30. The van der Waals surface area contributed by atoms with E-state index in [0.717, 1.165) is 22.7 Å². The van der Waals surface area contributed by atoms with Gasteiger partial charge in [0.2, 0.25) is 0 Å². The third kappa shape index (κ3) is 1.35. The van der Waals surface area contributed by atoms with Crippen molar-refractivity contribution in [1.29, 1.82) is 0 Å². The first kappa shape index (κ1) is 9.86. The lowest BCUT2D eigenvalue weighted by molar-refractivity contribution is 0.744. The summed E-state index contributed by atoms with van der Waals surface area (Å²) in [5.41, 5.74) is 4.80. The molecule has 1 unspecified atom stereocenters. The van der Waals surface area contributed by atoms with Crippen LogP contribution in [0.5, 0.6) is 0 Å². The van der Waals surface area contributed by atoms with Crippen LogP contribution >= 0.6 is 11.6 Å². The molecule has 16 heavy (non-hydrogen) atoms. The first-order valence-corrected chi connectivity index (χ1v) is 5.88. The molecule has 0 spiro atoms. The molecule has 0 N–H and O–H groups in total. The number of pyridine rings is 1. The number of hydrogen-bond donors (Lipinski definition) is 0. The molecule has 1 aliphatic rings. The Labute approximate surface area is 100 Å². The standard InChI is InChI=1S/C14H12ClN/c1-9-8-10-4-3-7-16-14(10)13-11(9)5-2-6-12(13)15/h2-7,9H,8H2,1H3. The lowest BCUT2D eigenvalue weighted by Crippen LogP contribution is -2.09. The lowest BCUT2D eigenvalue weighted by atomic mass is 9.82. The minimum absolute atomic E-state index is 0.519. The fraction of sp³-hybridized carbons (Fsp3) is 0.214. The highest BCUT2D eigenvalue weighted by Crippen LogP contribution is 2.41. The van der Waals surface area contributed by atoms with E-state index in [4.69, 9.17) is 11.6 Å². The summed E-state index contributed by atoms with van der Waals surface area (Å²) >= 11 is 6.30. The van der Waals surface area contributed by atoms with Gasteiger partial charge in [0.15, 0.2) is 0 Å². The normalized spacial score (nSPS) is 17.8. The smallest absolute Gasteiger partial charge is 0.0751 e. The van der Waals surface area contributed by atoms with Crippen molar-refractivity contribution in [2.24, 2.45) is 0 Å². The molecule has 0 bridgehead atoms. The lowest BCUT2D eigenvalue weighted by Gasteiger charge is -2.24. The van der Waals surface area contributed by atoms with Crippen LogP contribution in [-0.4, -0.2) is 4.98 Å². The number of fused-ring (bicyclic) bond motifs is 3. The zero-order valence-electron chi connectivity index (χ0n) is 9.07. The fourth-order valence-corrected chi connectivity index (χ4v) is 2.74. The molecule has 1 aliphatic carbocycles. The Balaban J connectivity index is 2.35. The van der Waals surface area contributed by atoms with Crippen LogP contribution < -0.4 is 0 Å². The minimum Gasteiger partial charge on any atom is -0.256 e. The number of hydrogen-bond acceptors (Lipinski definition) is 1. The van der Waals surface area contributed by atoms with Gasteiger partial charge in [0.1, 0.15) is 0 Å². The van der Waals surface area contributed by atoms with Crippen LogP contribution in [0.1, 0.15) is 24.0 Å². The van der Waals surface area contributed by atoms with Crippen molar-refractivity contribution in [3.63, 3.8) is 0 Å². The predicted octanol–water partition coefficient (Wildman–Crippen LogP) is 4.06. The highest BCUT2D eigenvalue weighted by Gasteiger charge is 2.23. The highest BCUT2D eigenvalue weighted by molar-refractivity contribution is 6.33. The number of aromatic nitrogens is 1. The van der Waals surface area contributed by atoms with Gasteiger partial charge >= 0.3 is 0 Å². The van der Waals surface area contributed by atoms with E-state index in [1.54, 1.807) is 0 Å². The molecule has 0 aliphatic heterocycles. The first-order chi connectivity index (χ1) is 7.77. The van der Waals surface area contributed by atoms with E-state index < -0.39 is 0 Å². The van der Waals surface area contributed by atoms with Crippen molar-refractivity contribution in [3.05, 3.63) is 52.7 Å². The predicted molar refractivity (Wildman–Crippen MR) is 66.8 cm³/mol. The third-order valence-corrected chi connectivity index (χ3v) is 3.55. The number of benzene rings is 1. The van der Waals surface area contributed by atoms with Gasteiger partial charge in [-0.15, -0.1) is 0 Å². The van der Waals surface area contributed by atoms with Gasteiger partial charge < -0.3 is 0 Å². The number of halogens is 1. The summed E-state index contributed by atoms with van der Waals surface area (Å²) in [5, 5.41) is 0.809. The summed E-state index contributed by atoms with van der Waals surface area (Å²) in [6.45, 7) is 2.24. The second kappa shape index (κ2) is 3.60. The van der Waals surface area contributed by atoms with E-state index in [1.807, 2.05) is 24.4 Å². The molecule has 2 aromatic rings. The van der Waals surface area contributed by atoms with Crippen molar-refractivity contribution in [2.45, 2.75) is 19.3 Å². The SMILES string of the molecule is CC1Cc2cccnc2-c2c(Cl)cccc21. The van der Waals surface area contributed by atoms with Crippen LogP contribution in [0.25, 0.3) is 11.3 Å². The summed E-state index contributed by atoms with van der Waals surface area (Å²) in [6, 6.07) is 10.3. The minimum atomic E-state index is 0.519. The Morgan fingerprint density at radius 1 is 1.25 bits per heavy atom. The zero-order chi connectivity index (χ0) is 11.1. The molecule has 2 heteroatoms. The van der Waals surface area contributed by atoms with Gasteiger partial charge in [-0.2, -0.15) is 0 Å². The molecule has 0 saturated heterocycles. The van der Waals surface area contributed by atoms with Crippen molar-refractivity contribution >= 4 is 11.6 Å². The van der Waals surface area contributed by atoms with Crippen LogP contribution in [0.15, 0.2) is 36.5 Å². The molecular formula is C14H12ClN. The van der Waals surface area contributed by atoms with E-state index in [1.165, 1.54) is 11.1 Å². The molecule has 1 aromatic heterocycles. The van der Waals surface area contributed by atoms with E-state index in [0.29, 0.717) is 5.92 Å². The van der Waals surface area contributed by atoms with Gasteiger partial charge in [0.25, 0.3) is 0 Å². The summed E-state index contributed by atoms with van der Waals surface area (Å²) in [4.78, 5) is 4.47. The summed E-state index contributed by atoms with van der Waals surface area (Å²) in [5.74, 6) is 0.519. The molecule has 1 nitrogen and oxygen atoms in total. The molecule has 0 amide bonds. The Morgan fingerprint density at radius 2 is 2.12 bits per heavy atom. The largest absolute Gasteiger partial charge is 0.256 e. The van der Waals surface area contributed by atoms with E-state index >= 15 is 0 Å². The fourth-order valence-electron chi connectivity index (χ4n) is 2.47. The van der Waals surface area contributed by atoms with Crippen molar-refractivity contribution in [1.82, 2.24) is 4.98 Å². The molecule has 3 rings (SSSR count).